The zero-order valence-corrected chi connectivity index (χ0v) is 17.8. The van der Waals surface area contributed by atoms with Crippen LogP contribution in [0.25, 0.3) is 0 Å². The molecule has 2 aromatic rings. The third-order valence-electron chi connectivity index (χ3n) is 5.40. The minimum atomic E-state index is -0.964. The molecule has 30 heavy (non-hydrogen) atoms. The molecule has 2 unspecified atom stereocenters. The zero-order chi connectivity index (χ0) is 21.4. The molecule has 0 bridgehead atoms. The van der Waals surface area contributed by atoms with Crippen LogP contribution in [0.2, 0.25) is 10.0 Å². The maximum absolute atomic E-state index is 12.9. The van der Waals surface area contributed by atoms with Crippen molar-refractivity contribution in [3.05, 3.63) is 44.2 Å². The van der Waals surface area contributed by atoms with E-state index >= 15 is 0 Å². The summed E-state index contributed by atoms with van der Waals surface area (Å²) in [6.07, 6.45) is 1.98. The van der Waals surface area contributed by atoms with Crippen LogP contribution < -0.4 is 21.1 Å². The Balaban J connectivity index is 1.64. The number of nitrogens with zero attached hydrogens (tertiary/aromatic N) is 2. The summed E-state index contributed by atoms with van der Waals surface area (Å²) in [5, 5.41) is 5.99. The van der Waals surface area contributed by atoms with Gasteiger partial charge in [0.25, 0.3) is 5.56 Å². The summed E-state index contributed by atoms with van der Waals surface area (Å²) in [6, 6.07) is 4.66. The number of H-pyrrole nitrogens is 1. The Kier molecular flexibility index (Phi) is 5.71. The third-order valence-corrected chi connectivity index (χ3v) is 6.14. The van der Waals surface area contributed by atoms with E-state index in [9.17, 15) is 14.4 Å². The van der Waals surface area contributed by atoms with Gasteiger partial charge in [-0.3, -0.25) is 19.4 Å². The van der Waals surface area contributed by atoms with Crippen molar-refractivity contribution in [1.82, 2.24) is 9.97 Å². The van der Waals surface area contributed by atoms with Gasteiger partial charge in [-0.2, -0.15) is 4.98 Å². The molecule has 0 spiro atoms. The molecule has 1 saturated heterocycles. The van der Waals surface area contributed by atoms with Crippen molar-refractivity contribution >= 4 is 52.5 Å². The Bertz CT molecular complexity index is 1070. The molecule has 0 saturated carbocycles. The van der Waals surface area contributed by atoms with Gasteiger partial charge in [-0.1, -0.05) is 30.1 Å². The Morgan fingerprint density at radius 2 is 2.07 bits per heavy atom. The first-order chi connectivity index (χ1) is 14.3. The largest absolute Gasteiger partial charge is 0.342 e. The van der Waals surface area contributed by atoms with Crippen LogP contribution in [-0.2, 0) is 9.59 Å². The van der Waals surface area contributed by atoms with Crippen LogP contribution in [-0.4, -0.2) is 34.9 Å². The van der Waals surface area contributed by atoms with Gasteiger partial charge < -0.3 is 15.5 Å². The first kappa shape index (κ1) is 20.7. The summed E-state index contributed by atoms with van der Waals surface area (Å²) in [5.74, 6) is -0.786. The molecule has 2 amide bonds. The van der Waals surface area contributed by atoms with E-state index in [4.69, 9.17) is 23.2 Å². The highest BCUT2D eigenvalue weighted by atomic mass is 35.5. The number of anilines is 3. The molecule has 2 aliphatic heterocycles. The number of piperidine rings is 1. The molecule has 2 aliphatic rings. The molecule has 0 aliphatic carbocycles. The third kappa shape index (κ3) is 4.15. The van der Waals surface area contributed by atoms with Crippen LogP contribution >= 0.6 is 23.2 Å². The Hall–Kier alpha value is -2.58. The number of aromatic nitrogens is 2. The summed E-state index contributed by atoms with van der Waals surface area (Å²) < 4.78 is 0. The summed E-state index contributed by atoms with van der Waals surface area (Å²) in [7, 11) is 0. The highest BCUT2D eigenvalue weighted by Gasteiger charge is 2.35. The number of carbonyl (C=O) groups excluding carboxylic acids is 2. The summed E-state index contributed by atoms with van der Waals surface area (Å²) >= 11 is 11.9. The standard InChI is InChI=1S/C20H21Cl2N5O3/c1-10-3-2-6-27(9-10)20-25-17-16(19(30)26-20)12(8-15(28)24-17)18(29)23-11-4-5-13(21)14(22)7-11/h4-5,7,10,12H,2-3,6,8-9H2,1H3,(H,23,29)(H2,24,25,26,28,30). The molecule has 3 heterocycles. The lowest BCUT2D eigenvalue weighted by molar-refractivity contribution is -0.123. The van der Waals surface area contributed by atoms with Crippen molar-refractivity contribution in [2.24, 2.45) is 5.92 Å². The van der Waals surface area contributed by atoms with Gasteiger partial charge in [0.2, 0.25) is 17.8 Å². The predicted molar refractivity (Wildman–Crippen MR) is 117 cm³/mol. The van der Waals surface area contributed by atoms with Crippen molar-refractivity contribution in [3.63, 3.8) is 0 Å². The number of halogens is 2. The van der Waals surface area contributed by atoms with Crippen LogP contribution in [0, 0.1) is 5.92 Å². The number of benzene rings is 1. The smallest absolute Gasteiger partial charge is 0.258 e. The van der Waals surface area contributed by atoms with Gasteiger partial charge in [0.1, 0.15) is 5.82 Å². The number of hydrogen-bond acceptors (Lipinski definition) is 5. The van der Waals surface area contributed by atoms with E-state index in [0.29, 0.717) is 22.6 Å². The first-order valence-corrected chi connectivity index (χ1v) is 10.5. The minimum Gasteiger partial charge on any atom is -0.342 e. The van der Waals surface area contributed by atoms with Crippen molar-refractivity contribution < 1.29 is 9.59 Å². The molecule has 1 fully saturated rings. The molecular weight excluding hydrogens is 429 g/mol. The summed E-state index contributed by atoms with van der Waals surface area (Å²) in [6.45, 7) is 3.70. The predicted octanol–water partition coefficient (Wildman–Crippen LogP) is 3.38. The van der Waals surface area contributed by atoms with E-state index < -0.39 is 17.4 Å². The number of nitrogens with one attached hydrogen (secondary N) is 3. The van der Waals surface area contributed by atoms with E-state index in [-0.39, 0.29) is 28.7 Å². The van der Waals surface area contributed by atoms with Gasteiger partial charge in [0, 0.05) is 25.2 Å². The van der Waals surface area contributed by atoms with Gasteiger partial charge in [-0.05, 0) is 37.0 Å². The lowest BCUT2D eigenvalue weighted by Gasteiger charge is -2.32. The normalized spacial score (nSPS) is 21.0. The van der Waals surface area contributed by atoms with Crippen molar-refractivity contribution in [2.75, 3.05) is 28.6 Å². The average Bonchev–Trinajstić information content (AvgIpc) is 2.69. The second-order valence-corrected chi connectivity index (χ2v) is 8.58. The van der Waals surface area contributed by atoms with Crippen molar-refractivity contribution in [2.45, 2.75) is 32.1 Å². The fraction of sp³-hybridized carbons (Fsp3) is 0.400. The summed E-state index contributed by atoms with van der Waals surface area (Å²) in [4.78, 5) is 47.3. The van der Waals surface area contributed by atoms with Crippen LogP contribution in [0.3, 0.4) is 0 Å². The van der Waals surface area contributed by atoms with E-state index in [1.165, 1.54) is 6.07 Å². The Morgan fingerprint density at radius 3 is 2.80 bits per heavy atom. The zero-order valence-electron chi connectivity index (χ0n) is 16.3. The maximum Gasteiger partial charge on any atom is 0.258 e. The Morgan fingerprint density at radius 1 is 1.27 bits per heavy atom. The SMILES string of the molecule is CC1CCCN(c2nc3c(c(=O)[nH]2)C(C(=O)Nc2ccc(Cl)c(Cl)c2)CC(=O)N3)C1. The van der Waals surface area contributed by atoms with Crippen LogP contribution in [0.15, 0.2) is 23.0 Å². The number of rotatable bonds is 3. The molecule has 1 aromatic carbocycles. The van der Waals surface area contributed by atoms with Gasteiger partial charge >= 0.3 is 0 Å². The monoisotopic (exact) mass is 449 g/mol. The Labute approximate surface area is 183 Å². The quantitative estimate of drug-likeness (QED) is 0.665. The minimum absolute atomic E-state index is 0.137. The fourth-order valence-electron chi connectivity index (χ4n) is 3.92. The molecule has 8 nitrogen and oxygen atoms in total. The average molecular weight is 450 g/mol. The first-order valence-electron chi connectivity index (χ1n) is 9.76. The molecule has 2 atom stereocenters. The lowest BCUT2D eigenvalue weighted by Crippen LogP contribution is -2.40. The maximum atomic E-state index is 12.9. The van der Waals surface area contributed by atoms with E-state index in [0.717, 1.165) is 25.9 Å². The topological polar surface area (TPSA) is 107 Å². The highest BCUT2D eigenvalue weighted by molar-refractivity contribution is 6.42. The molecule has 1 aromatic heterocycles. The number of hydrogen-bond donors (Lipinski definition) is 3. The highest BCUT2D eigenvalue weighted by Crippen LogP contribution is 2.32. The van der Waals surface area contributed by atoms with Crippen LogP contribution in [0.5, 0.6) is 0 Å². The van der Waals surface area contributed by atoms with Gasteiger partial charge in [0.15, 0.2) is 0 Å². The second kappa shape index (κ2) is 8.28. The summed E-state index contributed by atoms with van der Waals surface area (Å²) in [5.41, 5.74) is 0.147. The van der Waals surface area contributed by atoms with Crippen LogP contribution in [0.1, 0.15) is 37.7 Å². The fourth-order valence-corrected chi connectivity index (χ4v) is 4.22. The van der Waals surface area contributed by atoms with Crippen LogP contribution in [0.4, 0.5) is 17.5 Å². The lowest BCUT2D eigenvalue weighted by atomic mass is 9.92. The van der Waals surface area contributed by atoms with E-state index in [2.05, 4.69) is 27.5 Å². The van der Waals surface area contributed by atoms with Gasteiger partial charge in [0.05, 0.1) is 21.5 Å². The molecular formula is C20H21Cl2N5O3. The number of carbonyl (C=O) groups is 2. The van der Waals surface area contributed by atoms with E-state index in [1.807, 2.05) is 4.90 Å². The molecule has 158 valence electrons. The molecule has 4 rings (SSSR count). The molecule has 0 radical (unpaired) electrons. The van der Waals surface area contributed by atoms with Gasteiger partial charge in [-0.25, -0.2) is 0 Å². The van der Waals surface area contributed by atoms with E-state index in [1.54, 1.807) is 12.1 Å². The van der Waals surface area contributed by atoms with Crippen molar-refractivity contribution in [3.8, 4) is 0 Å². The molecule has 3 N–H and O–H groups in total. The second-order valence-electron chi connectivity index (χ2n) is 7.77. The number of aromatic amines is 1. The van der Waals surface area contributed by atoms with Gasteiger partial charge in [-0.15, -0.1) is 0 Å². The number of fused-ring (bicyclic) bond motifs is 1. The van der Waals surface area contributed by atoms with Crippen molar-refractivity contribution in [1.29, 1.82) is 0 Å². The number of amides is 2. The molecule has 10 heteroatoms.